The Morgan fingerprint density at radius 3 is 2.59 bits per heavy atom. The van der Waals surface area contributed by atoms with Crippen LogP contribution in [0.1, 0.15) is 14.8 Å². The first kappa shape index (κ1) is 18.7. The van der Waals surface area contributed by atoms with Gasteiger partial charge in [0.15, 0.2) is 11.2 Å². The summed E-state index contributed by atoms with van der Waals surface area (Å²) in [6.45, 7) is 0.158. The van der Waals surface area contributed by atoms with Gasteiger partial charge in [-0.2, -0.15) is 0 Å². The van der Waals surface area contributed by atoms with Gasteiger partial charge in [0.25, 0.3) is 11.5 Å². The molecule has 0 aliphatic carbocycles. The fourth-order valence-electron chi connectivity index (χ4n) is 2.79. The first-order chi connectivity index (χ1) is 13.8. The Bertz CT molecular complexity index is 1350. The van der Waals surface area contributed by atoms with Crippen LogP contribution in [-0.4, -0.2) is 34.8 Å². The summed E-state index contributed by atoms with van der Waals surface area (Å²) in [4.78, 5) is 40.9. The van der Waals surface area contributed by atoms with E-state index in [0.717, 1.165) is 15.9 Å². The number of nitrogens with zero attached hydrogens (tertiary/aromatic N) is 6. The molecule has 0 saturated heterocycles. The second-order valence-electron chi connectivity index (χ2n) is 6.21. The molecule has 1 N–H and O–H groups in total. The fraction of sp³-hybridized carbons (Fsp3) is 0.176. The highest BCUT2D eigenvalue weighted by atomic mass is 32.1. The molecule has 0 atom stereocenters. The molecule has 0 fully saturated rings. The van der Waals surface area contributed by atoms with E-state index in [1.807, 2.05) is 0 Å². The topological polar surface area (TPSA) is 117 Å². The summed E-state index contributed by atoms with van der Waals surface area (Å²) in [6.07, 6.45) is 1.44. The molecule has 0 saturated carbocycles. The number of hydrogen-bond acceptors (Lipinski definition) is 7. The molecule has 4 rings (SSSR count). The number of halogens is 1. The van der Waals surface area contributed by atoms with E-state index in [4.69, 9.17) is 0 Å². The number of fused-ring (bicyclic) bond motifs is 1. The van der Waals surface area contributed by atoms with Crippen molar-refractivity contribution in [3.63, 3.8) is 0 Å². The number of anilines is 1. The van der Waals surface area contributed by atoms with Crippen molar-refractivity contribution in [3.05, 3.63) is 67.3 Å². The van der Waals surface area contributed by atoms with Crippen molar-refractivity contribution in [2.75, 3.05) is 5.32 Å². The van der Waals surface area contributed by atoms with E-state index in [0.29, 0.717) is 10.7 Å². The molecule has 0 unspecified atom stereocenters. The second kappa shape index (κ2) is 7.05. The number of carbonyl (C=O) groups excluding carboxylic acids is 1. The molecule has 12 heteroatoms. The van der Waals surface area contributed by atoms with Crippen molar-refractivity contribution in [3.8, 4) is 0 Å². The highest BCUT2D eigenvalue weighted by molar-refractivity contribution is 7.13. The Morgan fingerprint density at radius 2 is 1.86 bits per heavy atom. The summed E-state index contributed by atoms with van der Waals surface area (Å²) in [5, 5.41) is 11.1. The predicted octanol–water partition coefficient (Wildman–Crippen LogP) is 0.725. The Kier molecular flexibility index (Phi) is 4.54. The van der Waals surface area contributed by atoms with Gasteiger partial charge in [-0.25, -0.2) is 14.2 Å². The van der Waals surface area contributed by atoms with Crippen LogP contribution in [0.15, 0.2) is 40.2 Å². The van der Waals surface area contributed by atoms with Crippen LogP contribution in [0, 0.1) is 5.82 Å². The van der Waals surface area contributed by atoms with Gasteiger partial charge in [0.05, 0.1) is 12.9 Å². The molecule has 29 heavy (non-hydrogen) atoms. The zero-order valence-electron chi connectivity index (χ0n) is 15.3. The van der Waals surface area contributed by atoms with E-state index in [1.54, 1.807) is 4.57 Å². The lowest BCUT2D eigenvalue weighted by atomic mass is 10.3. The third-order valence-electron chi connectivity index (χ3n) is 4.29. The predicted molar refractivity (Wildman–Crippen MR) is 104 cm³/mol. The van der Waals surface area contributed by atoms with Crippen LogP contribution in [0.2, 0.25) is 0 Å². The van der Waals surface area contributed by atoms with Crippen molar-refractivity contribution in [1.82, 2.24) is 28.9 Å². The molecule has 0 spiro atoms. The summed E-state index contributed by atoms with van der Waals surface area (Å²) in [5.74, 6) is -0.883. The van der Waals surface area contributed by atoms with Crippen LogP contribution in [0.3, 0.4) is 0 Å². The SMILES string of the molecule is Cn1c(=O)c2c(ncn2Cc2nnc(C(=O)Nc3ccc(F)cc3)s2)n(C)c1=O. The minimum atomic E-state index is -0.478. The Morgan fingerprint density at radius 1 is 1.14 bits per heavy atom. The van der Waals surface area contributed by atoms with Crippen LogP contribution in [0.4, 0.5) is 10.1 Å². The van der Waals surface area contributed by atoms with Crippen molar-refractivity contribution < 1.29 is 9.18 Å². The minimum Gasteiger partial charge on any atom is -0.320 e. The lowest BCUT2D eigenvalue weighted by molar-refractivity contribution is 0.102. The average molecular weight is 415 g/mol. The van der Waals surface area contributed by atoms with Gasteiger partial charge in [-0.15, -0.1) is 10.2 Å². The lowest BCUT2D eigenvalue weighted by Crippen LogP contribution is -2.37. The molecule has 0 aliphatic heterocycles. The first-order valence-electron chi connectivity index (χ1n) is 8.35. The fourth-order valence-corrected chi connectivity index (χ4v) is 3.52. The second-order valence-corrected chi connectivity index (χ2v) is 7.27. The van der Waals surface area contributed by atoms with Crippen molar-refractivity contribution in [2.24, 2.45) is 14.1 Å². The van der Waals surface area contributed by atoms with E-state index in [1.165, 1.54) is 49.3 Å². The minimum absolute atomic E-state index is 0.119. The van der Waals surface area contributed by atoms with Gasteiger partial charge in [0.1, 0.15) is 10.8 Å². The largest absolute Gasteiger partial charge is 0.332 e. The third-order valence-corrected chi connectivity index (χ3v) is 5.19. The first-order valence-corrected chi connectivity index (χ1v) is 9.17. The monoisotopic (exact) mass is 415 g/mol. The van der Waals surface area contributed by atoms with Gasteiger partial charge in [-0.3, -0.25) is 18.7 Å². The van der Waals surface area contributed by atoms with E-state index in [-0.39, 0.29) is 22.7 Å². The van der Waals surface area contributed by atoms with Gasteiger partial charge in [0.2, 0.25) is 5.01 Å². The van der Waals surface area contributed by atoms with Crippen molar-refractivity contribution in [1.29, 1.82) is 0 Å². The quantitative estimate of drug-likeness (QED) is 0.525. The van der Waals surface area contributed by atoms with Crippen LogP contribution >= 0.6 is 11.3 Å². The molecule has 148 valence electrons. The molecule has 3 aromatic heterocycles. The highest BCUT2D eigenvalue weighted by Gasteiger charge is 2.17. The highest BCUT2D eigenvalue weighted by Crippen LogP contribution is 2.16. The molecular weight excluding hydrogens is 401 g/mol. The maximum Gasteiger partial charge on any atom is 0.332 e. The van der Waals surface area contributed by atoms with Gasteiger partial charge >= 0.3 is 5.69 Å². The number of amides is 1. The van der Waals surface area contributed by atoms with E-state index in [2.05, 4.69) is 20.5 Å². The number of imidazole rings is 1. The zero-order chi connectivity index (χ0) is 20.7. The van der Waals surface area contributed by atoms with E-state index < -0.39 is 23.0 Å². The van der Waals surface area contributed by atoms with Crippen molar-refractivity contribution >= 4 is 34.1 Å². The average Bonchev–Trinajstić information content (AvgIpc) is 3.34. The summed E-state index contributed by atoms with van der Waals surface area (Å²) < 4.78 is 16.8. The maximum atomic E-state index is 13.0. The van der Waals surface area contributed by atoms with Gasteiger partial charge in [0, 0.05) is 19.8 Å². The summed E-state index contributed by atoms with van der Waals surface area (Å²) in [5.41, 5.74) is -0.0000182. The van der Waals surface area contributed by atoms with Gasteiger partial charge in [-0.1, -0.05) is 11.3 Å². The van der Waals surface area contributed by atoms with Crippen molar-refractivity contribution in [2.45, 2.75) is 6.54 Å². The lowest BCUT2D eigenvalue weighted by Gasteiger charge is -2.05. The standard InChI is InChI=1S/C17H14FN7O3S/c1-23-13-12(16(27)24(2)17(23)28)25(8-19-13)7-11-21-22-15(29-11)14(26)20-10-5-3-9(18)4-6-10/h3-6,8H,7H2,1-2H3,(H,20,26). The molecule has 0 aliphatic rings. The molecule has 1 aromatic carbocycles. The normalized spacial score (nSPS) is 11.1. The molecule has 0 radical (unpaired) electrons. The summed E-state index contributed by atoms with van der Waals surface area (Å²) in [7, 11) is 2.93. The molecular formula is C17H14FN7O3S. The number of rotatable bonds is 4. The number of aryl methyl sites for hydroxylation is 1. The zero-order valence-corrected chi connectivity index (χ0v) is 16.1. The van der Waals surface area contributed by atoms with Crippen LogP contribution < -0.4 is 16.6 Å². The number of aromatic nitrogens is 6. The van der Waals surface area contributed by atoms with Crippen LogP contribution in [0.5, 0.6) is 0 Å². The molecule has 0 bridgehead atoms. The maximum absolute atomic E-state index is 13.0. The number of nitrogens with one attached hydrogen (secondary N) is 1. The number of carbonyl (C=O) groups is 1. The van der Waals surface area contributed by atoms with E-state index in [9.17, 15) is 18.8 Å². The molecule has 10 nitrogen and oxygen atoms in total. The molecule has 1 amide bonds. The van der Waals surface area contributed by atoms with E-state index >= 15 is 0 Å². The van der Waals surface area contributed by atoms with Gasteiger partial charge < -0.3 is 9.88 Å². The summed E-state index contributed by atoms with van der Waals surface area (Å²) >= 11 is 1.05. The Labute approximate surface area is 165 Å². The Hall–Kier alpha value is -3.67. The number of hydrogen-bond donors (Lipinski definition) is 1. The smallest absolute Gasteiger partial charge is 0.320 e. The van der Waals surface area contributed by atoms with Crippen LogP contribution in [0.25, 0.3) is 11.2 Å². The third kappa shape index (κ3) is 3.33. The molecule has 4 aromatic rings. The van der Waals surface area contributed by atoms with Gasteiger partial charge in [-0.05, 0) is 24.3 Å². The van der Waals surface area contributed by atoms with Crippen LogP contribution in [-0.2, 0) is 20.6 Å². The Balaban J connectivity index is 1.60. The number of benzene rings is 1. The molecule has 3 heterocycles. The summed E-state index contributed by atoms with van der Waals surface area (Å²) in [6, 6.07) is 5.35.